The molecule has 232 valence electrons. The van der Waals surface area contributed by atoms with Crippen molar-refractivity contribution < 1.29 is 19.1 Å². The summed E-state index contributed by atoms with van der Waals surface area (Å²) in [6.07, 6.45) is 1.43. The molecule has 1 aromatic heterocycles. The third-order valence-electron chi connectivity index (χ3n) is 6.40. The first-order valence-corrected chi connectivity index (χ1v) is 16.4. The largest absolute Gasteiger partial charge is 0.497 e. The van der Waals surface area contributed by atoms with Crippen LogP contribution in [0.2, 0.25) is 10.0 Å². The molecular formula is C34H26Cl2N4O4S2. The number of aromatic nitrogens is 1. The maximum atomic E-state index is 13.5. The Bertz CT molecular complexity index is 1890. The molecule has 5 rings (SSSR count). The topological polar surface area (TPSA) is 109 Å². The minimum Gasteiger partial charge on any atom is -0.497 e. The summed E-state index contributed by atoms with van der Waals surface area (Å²) < 4.78 is 5.28. The third kappa shape index (κ3) is 8.76. The first-order chi connectivity index (χ1) is 22.3. The van der Waals surface area contributed by atoms with Gasteiger partial charge in [-0.2, -0.15) is 0 Å². The van der Waals surface area contributed by atoms with Gasteiger partial charge in [-0.25, -0.2) is 4.98 Å². The highest BCUT2D eigenvalue weighted by Gasteiger charge is 2.17. The number of carbonyl (C=O) groups excluding carboxylic acids is 3. The van der Waals surface area contributed by atoms with Crippen LogP contribution >= 0.6 is 46.3 Å². The molecule has 0 saturated heterocycles. The van der Waals surface area contributed by atoms with E-state index < -0.39 is 11.8 Å². The van der Waals surface area contributed by atoms with Crippen LogP contribution < -0.4 is 20.7 Å². The molecule has 0 fully saturated rings. The van der Waals surface area contributed by atoms with Gasteiger partial charge in [-0.05, 0) is 60.7 Å². The van der Waals surface area contributed by atoms with Crippen molar-refractivity contribution in [1.82, 2.24) is 10.3 Å². The van der Waals surface area contributed by atoms with Gasteiger partial charge in [0.15, 0.2) is 5.13 Å². The highest BCUT2D eigenvalue weighted by molar-refractivity contribution is 8.00. The van der Waals surface area contributed by atoms with Crippen LogP contribution in [-0.2, 0) is 9.59 Å². The van der Waals surface area contributed by atoms with Crippen molar-refractivity contribution in [2.24, 2.45) is 0 Å². The number of thiazole rings is 1. The van der Waals surface area contributed by atoms with Gasteiger partial charge in [-0.3, -0.25) is 14.4 Å². The number of amides is 3. The normalized spacial score (nSPS) is 11.1. The van der Waals surface area contributed by atoms with E-state index in [0.717, 1.165) is 21.9 Å². The number of rotatable bonds is 11. The average molecular weight is 690 g/mol. The molecule has 5 aromatic rings. The number of halogens is 2. The summed E-state index contributed by atoms with van der Waals surface area (Å²) in [6.45, 7) is 0. The van der Waals surface area contributed by atoms with Crippen LogP contribution in [-0.4, -0.2) is 35.6 Å². The molecule has 46 heavy (non-hydrogen) atoms. The Morgan fingerprint density at radius 2 is 1.63 bits per heavy atom. The fourth-order valence-corrected chi connectivity index (χ4v) is 6.15. The predicted octanol–water partition coefficient (Wildman–Crippen LogP) is 8.27. The van der Waals surface area contributed by atoms with Crippen molar-refractivity contribution in [3.05, 3.63) is 129 Å². The SMILES string of the molecule is COc1cccc(-c2csc(NC(=O)CSc3cccc(NC(=O)/C(=C\c4c(Cl)cccc4Cl)NC(=O)c4ccccc4)c3)n2)c1. The number of hydrogen-bond donors (Lipinski definition) is 3. The van der Waals surface area contributed by atoms with Gasteiger partial charge in [0.05, 0.1) is 18.6 Å². The number of benzene rings is 4. The van der Waals surface area contributed by atoms with E-state index in [9.17, 15) is 14.4 Å². The van der Waals surface area contributed by atoms with Crippen molar-refractivity contribution in [2.75, 3.05) is 23.5 Å². The number of nitrogens with one attached hydrogen (secondary N) is 3. The fourth-order valence-electron chi connectivity index (χ4n) is 4.15. The maximum Gasteiger partial charge on any atom is 0.272 e. The number of ether oxygens (including phenoxy) is 1. The van der Waals surface area contributed by atoms with Crippen molar-refractivity contribution in [1.29, 1.82) is 0 Å². The monoisotopic (exact) mass is 688 g/mol. The van der Waals surface area contributed by atoms with Gasteiger partial charge >= 0.3 is 0 Å². The van der Waals surface area contributed by atoms with Crippen molar-refractivity contribution >= 4 is 80.9 Å². The lowest BCUT2D eigenvalue weighted by Gasteiger charge is -2.13. The number of carbonyl (C=O) groups is 3. The second-order valence-electron chi connectivity index (χ2n) is 9.60. The van der Waals surface area contributed by atoms with Gasteiger partial charge < -0.3 is 20.7 Å². The van der Waals surface area contributed by atoms with Gasteiger partial charge in [0, 0.05) is 42.7 Å². The summed E-state index contributed by atoms with van der Waals surface area (Å²) in [5.41, 5.74) is 2.78. The Balaban J connectivity index is 1.24. The number of hydrogen-bond acceptors (Lipinski definition) is 7. The fraction of sp³-hybridized carbons (Fsp3) is 0.0588. The molecule has 4 aromatic carbocycles. The summed E-state index contributed by atoms with van der Waals surface area (Å²) in [6, 6.07) is 28.0. The van der Waals surface area contributed by atoms with E-state index in [-0.39, 0.29) is 17.4 Å². The molecule has 0 radical (unpaired) electrons. The molecule has 1 heterocycles. The molecule has 0 atom stereocenters. The summed E-state index contributed by atoms with van der Waals surface area (Å²) in [5, 5.41) is 11.3. The number of anilines is 2. The number of methoxy groups -OCH3 is 1. The van der Waals surface area contributed by atoms with Crippen molar-refractivity contribution in [2.45, 2.75) is 4.90 Å². The molecule has 0 aliphatic heterocycles. The average Bonchev–Trinajstić information content (AvgIpc) is 3.54. The Hall–Kier alpha value is -4.61. The minimum atomic E-state index is -0.587. The Labute approximate surface area is 283 Å². The smallest absolute Gasteiger partial charge is 0.272 e. The molecule has 0 saturated carbocycles. The minimum absolute atomic E-state index is 0.0574. The van der Waals surface area contributed by atoms with Crippen LogP contribution in [0.3, 0.4) is 0 Å². The van der Waals surface area contributed by atoms with Gasteiger partial charge in [-0.1, -0.05) is 65.7 Å². The summed E-state index contributed by atoms with van der Waals surface area (Å²) in [7, 11) is 1.60. The zero-order valence-electron chi connectivity index (χ0n) is 24.3. The molecule has 0 aliphatic rings. The van der Waals surface area contributed by atoms with Crippen LogP contribution in [0, 0.1) is 0 Å². The zero-order chi connectivity index (χ0) is 32.5. The predicted molar refractivity (Wildman–Crippen MR) is 187 cm³/mol. The van der Waals surface area contributed by atoms with Crippen LogP contribution in [0.1, 0.15) is 15.9 Å². The highest BCUT2D eigenvalue weighted by Crippen LogP contribution is 2.29. The van der Waals surface area contributed by atoms with Crippen LogP contribution in [0.15, 0.2) is 113 Å². The van der Waals surface area contributed by atoms with E-state index in [2.05, 4.69) is 20.9 Å². The maximum absolute atomic E-state index is 13.5. The number of nitrogens with zero attached hydrogens (tertiary/aromatic N) is 1. The van der Waals surface area contributed by atoms with Crippen LogP contribution in [0.4, 0.5) is 10.8 Å². The molecule has 3 amide bonds. The molecule has 3 N–H and O–H groups in total. The van der Waals surface area contributed by atoms with Crippen LogP contribution in [0.25, 0.3) is 17.3 Å². The second-order valence-corrected chi connectivity index (χ2v) is 12.3. The molecule has 0 spiro atoms. The van der Waals surface area contributed by atoms with E-state index in [1.54, 1.807) is 73.8 Å². The van der Waals surface area contributed by atoms with E-state index >= 15 is 0 Å². The van der Waals surface area contributed by atoms with E-state index in [1.807, 2.05) is 35.7 Å². The summed E-state index contributed by atoms with van der Waals surface area (Å²) in [5.74, 6) is -0.446. The van der Waals surface area contributed by atoms with E-state index in [0.29, 0.717) is 32.0 Å². The molecule has 8 nitrogen and oxygen atoms in total. The van der Waals surface area contributed by atoms with Gasteiger partial charge in [-0.15, -0.1) is 23.1 Å². The van der Waals surface area contributed by atoms with Crippen LogP contribution in [0.5, 0.6) is 5.75 Å². The Morgan fingerprint density at radius 1 is 0.891 bits per heavy atom. The lowest BCUT2D eigenvalue weighted by molar-refractivity contribution is -0.114. The molecular weight excluding hydrogens is 663 g/mol. The molecule has 0 aliphatic carbocycles. The van der Waals surface area contributed by atoms with E-state index in [4.69, 9.17) is 27.9 Å². The quantitative estimate of drug-likeness (QED) is 0.0952. The summed E-state index contributed by atoms with van der Waals surface area (Å²) in [4.78, 5) is 44.4. The highest BCUT2D eigenvalue weighted by atomic mass is 35.5. The van der Waals surface area contributed by atoms with Gasteiger partial charge in [0.25, 0.3) is 11.8 Å². The zero-order valence-corrected chi connectivity index (χ0v) is 27.4. The number of thioether (sulfide) groups is 1. The Kier molecular flexibility index (Phi) is 11.1. The lowest BCUT2D eigenvalue weighted by Crippen LogP contribution is -2.30. The molecule has 0 unspecified atom stereocenters. The third-order valence-corrected chi connectivity index (χ3v) is 8.81. The molecule has 0 bridgehead atoms. The van der Waals surface area contributed by atoms with Crippen molar-refractivity contribution in [3.8, 4) is 17.0 Å². The lowest BCUT2D eigenvalue weighted by atomic mass is 10.1. The van der Waals surface area contributed by atoms with Gasteiger partial charge in [0.2, 0.25) is 5.91 Å². The van der Waals surface area contributed by atoms with Crippen molar-refractivity contribution in [3.63, 3.8) is 0 Å². The molecule has 12 heteroatoms. The van der Waals surface area contributed by atoms with E-state index in [1.165, 1.54) is 29.2 Å². The van der Waals surface area contributed by atoms with Gasteiger partial charge in [0.1, 0.15) is 11.4 Å². The first kappa shape index (κ1) is 32.8. The standard InChI is InChI=1S/C34H26Cl2N4O4S2/c1-44-24-12-5-10-22(16-24)30-19-46-34(39-30)40-31(41)20-45-25-13-6-11-23(17-25)37-33(43)29(18-26-27(35)14-7-15-28(26)36)38-32(42)21-8-3-2-4-9-21/h2-19H,20H2,1H3,(H,37,43)(H,38,42)(H,39,40,41)/b29-18+. The summed E-state index contributed by atoms with van der Waals surface area (Å²) >= 11 is 15.3. The first-order valence-electron chi connectivity index (χ1n) is 13.7. The second kappa shape index (κ2) is 15.6. The Morgan fingerprint density at radius 3 is 2.39 bits per heavy atom.